The Morgan fingerprint density at radius 1 is 1.23 bits per heavy atom. The maximum absolute atomic E-state index is 11.4. The highest BCUT2D eigenvalue weighted by atomic mass is 127. The van der Waals surface area contributed by atoms with E-state index in [9.17, 15) is 4.79 Å². The lowest BCUT2D eigenvalue weighted by atomic mass is 9.99. The Bertz CT molecular complexity index is 704. The van der Waals surface area contributed by atoms with Gasteiger partial charge in [0.25, 0.3) is 0 Å². The summed E-state index contributed by atoms with van der Waals surface area (Å²) in [4.78, 5) is 16.6. The van der Waals surface area contributed by atoms with Gasteiger partial charge < -0.3 is 4.74 Å². The maximum atomic E-state index is 11.4. The Labute approximate surface area is 156 Å². The summed E-state index contributed by atoms with van der Waals surface area (Å²) >= 11 is 4.36. The Balaban J connectivity index is 2.59. The Hall–Kier alpha value is -0.710. The van der Waals surface area contributed by atoms with Crippen molar-refractivity contribution in [1.29, 1.82) is 0 Å². The number of carbonyl (C=O) groups excluding carboxylic acids is 1. The summed E-state index contributed by atoms with van der Waals surface area (Å²) in [5, 5.41) is 0. The molecule has 0 radical (unpaired) electrons. The number of hydrogen-bond donors (Lipinski definition) is 1. The summed E-state index contributed by atoms with van der Waals surface area (Å²) in [7, 11) is 0. The van der Waals surface area contributed by atoms with Crippen LogP contribution in [0, 0.1) is 14.1 Å². The third kappa shape index (κ3) is 4.18. The molecule has 0 amide bonds. The normalized spacial score (nSPS) is 12.0. The van der Waals surface area contributed by atoms with Crippen molar-refractivity contribution in [2.24, 2.45) is 5.90 Å². The lowest BCUT2D eigenvalue weighted by molar-refractivity contribution is -0.132. The van der Waals surface area contributed by atoms with Crippen molar-refractivity contribution in [3.63, 3.8) is 0 Å². The standard InChI is InChI=1S/C16H15I2NO3/c1-9-4-3-5-11(6-9)15(22-19)13-7-12(17)8-14(18)16(13)21-10(2)20/h3-8,15H,19H2,1-2H3. The molecule has 1 unspecified atom stereocenters. The van der Waals surface area contributed by atoms with Gasteiger partial charge in [0.1, 0.15) is 11.9 Å². The van der Waals surface area contributed by atoms with Gasteiger partial charge in [-0.2, -0.15) is 0 Å². The van der Waals surface area contributed by atoms with E-state index in [4.69, 9.17) is 15.5 Å². The molecule has 116 valence electrons. The van der Waals surface area contributed by atoms with Crippen LogP contribution in [0.15, 0.2) is 36.4 Å². The van der Waals surface area contributed by atoms with Crippen LogP contribution in [0.3, 0.4) is 0 Å². The highest BCUT2D eigenvalue weighted by Gasteiger charge is 2.22. The molecule has 0 bridgehead atoms. The Morgan fingerprint density at radius 3 is 2.55 bits per heavy atom. The molecule has 2 N–H and O–H groups in total. The molecule has 0 spiro atoms. The minimum absolute atomic E-state index is 0.375. The number of hydrogen-bond acceptors (Lipinski definition) is 4. The monoisotopic (exact) mass is 523 g/mol. The molecule has 0 fully saturated rings. The largest absolute Gasteiger partial charge is 0.425 e. The zero-order valence-electron chi connectivity index (χ0n) is 12.1. The van der Waals surface area contributed by atoms with Gasteiger partial charge in [0, 0.05) is 16.1 Å². The van der Waals surface area contributed by atoms with Crippen molar-refractivity contribution in [2.75, 3.05) is 0 Å². The van der Waals surface area contributed by atoms with E-state index in [-0.39, 0.29) is 5.97 Å². The molecule has 0 heterocycles. The molecule has 2 aromatic rings. The quantitative estimate of drug-likeness (QED) is 0.284. The molecule has 2 aromatic carbocycles. The van der Waals surface area contributed by atoms with E-state index in [1.54, 1.807) is 0 Å². The van der Waals surface area contributed by atoms with Gasteiger partial charge >= 0.3 is 5.97 Å². The highest BCUT2D eigenvalue weighted by molar-refractivity contribution is 14.1. The van der Waals surface area contributed by atoms with E-state index in [0.717, 1.165) is 23.8 Å². The van der Waals surface area contributed by atoms with Gasteiger partial charge in [-0.15, -0.1) is 0 Å². The molecule has 6 heteroatoms. The van der Waals surface area contributed by atoms with Crippen LogP contribution >= 0.6 is 45.2 Å². The third-order valence-electron chi connectivity index (χ3n) is 3.05. The van der Waals surface area contributed by atoms with Crippen molar-refractivity contribution in [1.82, 2.24) is 0 Å². The highest BCUT2D eigenvalue weighted by Crippen LogP contribution is 2.37. The van der Waals surface area contributed by atoms with Gasteiger partial charge in [-0.3, -0.25) is 9.63 Å². The van der Waals surface area contributed by atoms with E-state index >= 15 is 0 Å². The Kier molecular flexibility index (Phi) is 6.18. The Morgan fingerprint density at radius 2 is 1.95 bits per heavy atom. The van der Waals surface area contributed by atoms with Gasteiger partial charge in [-0.05, 0) is 69.8 Å². The summed E-state index contributed by atoms with van der Waals surface area (Å²) in [6.45, 7) is 3.38. The molecular weight excluding hydrogens is 508 g/mol. The number of ether oxygens (including phenoxy) is 1. The second-order valence-corrected chi connectivity index (χ2v) is 7.24. The average Bonchev–Trinajstić information content (AvgIpc) is 2.43. The number of esters is 1. The first-order valence-electron chi connectivity index (χ1n) is 6.52. The minimum Gasteiger partial charge on any atom is -0.425 e. The predicted octanol–water partition coefficient (Wildman–Crippen LogP) is 4.11. The zero-order chi connectivity index (χ0) is 16.3. The first kappa shape index (κ1) is 17.6. The van der Waals surface area contributed by atoms with Crippen LogP contribution in [0.2, 0.25) is 0 Å². The van der Waals surface area contributed by atoms with Crippen molar-refractivity contribution < 1.29 is 14.4 Å². The van der Waals surface area contributed by atoms with Gasteiger partial charge in [0.15, 0.2) is 0 Å². The molecule has 0 saturated heterocycles. The summed E-state index contributed by atoms with van der Waals surface area (Å²) in [5.74, 6) is 5.66. The minimum atomic E-state index is -0.502. The summed E-state index contributed by atoms with van der Waals surface area (Å²) in [6.07, 6.45) is -0.502. The number of nitrogens with two attached hydrogens (primary N) is 1. The SMILES string of the molecule is CC(=O)Oc1c(I)cc(I)cc1C(ON)c1cccc(C)c1. The summed E-state index contributed by atoms with van der Waals surface area (Å²) in [6, 6.07) is 11.7. The number of benzene rings is 2. The van der Waals surface area contributed by atoms with Crippen LogP contribution in [-0.2, 0) is 9.63 Å². The fourth-order valence-corrected chi connectivity index (χ4v) is 4.19. The lowest BCUT2D eigenvalue weighted by Crippen LogP contribution is -2.15. The number of aryl methyl sites for hydroxylation is 1. The maximum Gasteiger partial charge on any atom is 0.308 e. The van der Waals surface area contributed by atoms with E-state index in [1.165, 1.54) is 6.92 Å². The lowest BCUT2D eigenvalue weighted by Gasteiger charge is -2.20. The van der Waals surface area contributed by atoms with Crippen LogP contribution in [0.1, 0.15) is 29.7 Å². The smallest absolute Gasteiger partial charge is 0.308 e. The van der Waals surface area contributed by atoms with Gasteiger partial charge in [-0.25, -0.2) is 5.90 Å². The molecule has 1 atom stereocenters. The summed E-state index contributed by atoms with van der Waals surface area (Å²) < 4.78 is 7.23. The van der Waals surface area contributed by atoms with Crippen molar-refractivity contribution >= 4 is 51.2 Å². The molecule has 2 rings (SSSR count). The topological polar surface area (TPSA) is 61.5 Å². The molecular formula is C16H15I2NO3. The fourth-order valence-electron chi connectivity index (χ4n) is 2.19. The second-order valence-electron chi connectivity index (χ2n) is 4.83. The molecule has 0 aliphatic carbocycles. The molecule has 0 aromatic heterocycles. The van der Waals surface area contributed by atoms with Gasteiger partial charge in [0.2, 0.25) is 0 Å². The van der Waals surface area contributed by atoms with Gasteiger partial charge in [0.05, 0.1) is 3.57 Å². The average molecular weight is 523 g/mol. The first-order chi connectivity index (χ1) is 10.4. The van der Waals surface area contributed by atoms with E-state index in [0.29, 0.717) is 5.75 Å². The molecule has 0 aliphatic heterocycles. The van der Waals surface area contributed by atoms with Gasteiger partial charge in [-0.1, -0.05) is 29.8 Å². The van der Waals surface area contributed by atoms with Crippen LogP contribution in [0.4, 0.5) is 0 Å². The number of rotatable bonds is 4. The molecule has 4 nitrogen and oxygen atoms in total. The number of carbonyl (C=O) groups is 1. The van der Waals surface area contributed by atoms with E-state index < -0.39 is 6.10 Å². The van der Waals surface area contributed by atoms with Crippen LogP contribution in [-0.4, -0.2) is 5.97 Å². The van der Waals surface area contributed by atoms with Crippen molar-refractivity contribution in [2.45, 2.75) is 20.0 Å². The van der Waals surface area contributed by atoms with Crippen LogP contribution in [0.25, 0.3) is 0 Å². The predicted molar refractivity (Wildman–Crippen MR) is 101 cm³/mol. The van der Waals surface area contributed by atoms with Crippen molar-refractivity contribution in [3.05, 3.63) is 60.2 Å². The third-order valence-corrected chi connectivity index (χ3v) is 4.47. The van der Waals surface area contributed by atoms with Crippen LogP contribution < -0.4 is 10.6 Å². The van der Waals surface area contributed by atoms with E-state index in [2.05, 4.69) is 45.2 Å². The van der Waals surface area contributed by atoms with Crippen molar-refractivity contribution in [3.8, 4) is 5.75 Å². The first-order valence-corrected chi connectivity index (χ1v) is 8.67. The fraction of sp³-hybridized carbons (Fsp3) is 0.188. The molecule has 0 aliphatic rings. The molecule has 22 heavy (non-hydrogen) atoms. The van der Waals surface area contributed by atoms with E-state index in [1.807, 2.05) is 43.3 Å². The second kappa shape index (κ2) is 7.71. The zero-order valence-corrected chi connectivity index (χ0v) is 16.4. The van der Waals surface area contributed by atoms with Crippen LogP contribution in [0.5, 0.6) is 5.75 Å². The number of halogens is 2. The molecule has 0 saturated carbocycles. The summed E-state index contributed by atoms with van der Waals surface area (Å²) in [5.41, 5.74) is 2.75.